The Morgan fingerprint density at radius 2 is 1.75 bits per heavy atom. The van der Waals surface area contributed by atoms with E-state index in [1.165, 1.54) is 6.42 Å². The van der Waals surface area contributed by atoms with Crippen molar-refractivity contribution in [3.05, 3.63) is 83.4 Å². The minimum absolute atomic E-state index is 0.0179. The van der Waals surface area contributed by atoms with Gasteiger partial charge >= 0.3 is 0 Å². The van der Waals surface area contributed by atoms with Crippen LogP contribution < -0.4 is 25.0 Å². The minimum atomic E-state index is -3.76. The molecule has 2 bridgehead atoms. The molecular weight excluding hydrogens is 837 g/mol. The van der Waals surface area contributed by atoms with Crippen LogP contribution in [0.25, 0.3) is 11.1 Å². The maximum absolute atomic E-state index is 14.6. The van der Waals surface area contributed by atoms with Crippen LogP contribution in [0.15, 0.2) is 66.7 Å². The largest absolute Gasteiger partial charge is 0.496 e. The monoisotopic (exact) mass is 906 g/mol. The fourth-order valence-corrected chi connectivity index (χ4v) is 11.7. The zero-order valence-electron chi connectivity index (χ0n) is 39.0. The number of hydrogen-bond acceptors (Lipinski definition) is 12. The van der Waals surface area contributed by atoms with Crippen molar-refractivity contribution in [1.29, 1.82) is 0 Å². The van der Waals surface area contributed by atoms with Gasteiger partial charge in [0, 0.05) is 54.5 Å². The summed E-state index contributed by atoms with van der Waals surface area (Å²) in [6.07, 6.45) is 1.36. The molecule has 0 radical (unpaired) electrons. The van der Waals surface area contributed by atoms with Gasteiger partial charge in [0.25, 0.3) is 5.91 Å². The van der Waals surface area contributed by atoms with Crippen molar-refractivity contribution in [1.82, 2.24) is 25.3 Å². The average Bonchev–Trinajstić information content (AvgIpc) is 3.62. The van der Waals surface area contributed by atoms with Crippen molar-refractivity contribution in [3.63, 3.8) is 0 Å². The molecule has 10 atom stereocenters. The number of hydroxylamine groups is 2. The van der Waals surface area contributed by atoms with Crippen molar-refractivity contribution in [2.75, 3.05) is 65.7 Å². The molecule has 352 valence electrons. The number of aliphatic hydroxyl groups is 3. The molecule has 0 unspecified atom stereocenters. The van der Waals surface area contributed by atoms with E-state index < -0.39 is 58.3 Å². The molecule has 1 aliphatic heterocycles. The Morgan fingerprint density at radius 1 is 1.05 bits per heavy atom. The number of nitrogens with one attached hydrogen (secondary N) is 3. The lowest BCUT2D eigenvalue weighted by molar-refractivity contribution is -0.183. The van der Waals surface area contributed by atoms with Gasteiger partial charge in [0.1, 0.15) is 17.9 Å². The number of methoxy groups -OCH3 is 1. The number of rotatable bonds is 19. The van der Waals surface area contributed by atoms with Gasteiger partial charge in [0.15, 0.2) is 0 Å². The van der Waals surface area contributed by atoms with Gasteiger partial charge in [-0.3, -0.25) is 14.4 Å². The summed E-state index contributed by atoms with van der Waals surface area (Å²) < 4.78 is 34.7. The lowest BCUT2D eigenvalue weighted by Gasteiger charge is -2.62. The lowest BCUT2D eigenvalue weighted by atomic mass is 9.45. The Balaban J connectivity index is 1.36. The number of likely N-dealkylation sites (N-methyl/N-ethyl adjacent to an activating group) is 2. The average molecular weight is 907 g/mol. The Hall–Kier alpha value is -4.13. The van der Waals surface area contributed by atoms with Crippen molar-refractivity contribution in [2.45, 2.75) is 89.9 Å². The van der Waals surface area contributed by atoms with Gasteiger partial charge in [-0.25, -0.2) is 13.1 Å². The Bertz CT molecular complexity index is 2230. The van der Waals surface area contributed by atoms with E-state index in [-0.39, 0.29) is 55.1 Å². The summed E-state index contributed by atoms with van der Waals surface area (Å²) in [5, 5.41) is 39.5. The summed E-state index contributed by atoms with van der Waals surface area (Å²) in [7, 11) is 3.30. The molecule has 0 spiro atoms. The van der Waals surface area contributed by atoms with Crippen LogP contribution in [-0.2, 0) is 31.7 Å². The summed E-state index contributed by atoms with van der Waals surface area (Å²) >= 11 is 0. The van der Waals surface area contributed by atoms with Crippen LogP contribution in [0.3, 0.4) is 0 Å². The Kier molecular flexibility index (Phi) is 15.2. The first-order chi connectivity index (χ1) is 30.1. The SMILES string of the molecule is COc1c(CN2O[C@@H](CO)[C@@H]([C@H](C)O)[C@H]2C(=O)N[C@H]2C[C@H]3C[C@@H]([C@@H]2C)C3(C)C)cccc1-c1cc(C(=O)N[C@H](CN(C)C)[C@](C)(NS(C)(=O)=O)c2ccccc2)cc(N(C)CCO)c1. The first-order valence-corrected chi connectivity index (χ1v) is 24.2. The number of nitrogens with zero attached hydrogens (tertiary/aromatic N) is 3. The molecule has 1 heterocycles. The number of amides is 2. The Morgan fingerprint density at radius 3 is 2.33 bits per heavy atom. The fourth-order valence-electron chi connectivity index (χ4n) is 10.7. The number of aliphatic hydroxyl groups excluding tert-OH is 3. The quantitative estimate of drug-likeness (QED) is 0.103. The van der Waals surface area contributed by atoms with Crippen LogP contribution in [0.4, 0.5) is 5.69 Å². The van der Waals surface area contributed by atoms with Crippen molar-refractivity contribution < 1.29 is 42.9 Å². The molecule has 15 nitrogen and oxygen atoms in total. The molecular formula is C48H70N6O9S. The van der Waals surface area contributed by atoms with Crippen LogP contribution in [0, 0.1) is 29.1 Å². The number of para-hydroxylation sites is 1. The van der Waals surface area contributed by atoms with E-state index in [2.05, 4.69) is 36.1 Å². The molecule has 7 rings (SSSR count). The highest BCUT2D eigenvalue weighted by Gasteiger charge is 2.57. The molecule has 3 aliphatic carbocycles. The molecule has 1 saturated heterocycles. The number of hydrogen-bond donors (Lipinski definition) is 6. The van der Waals surface area contributed by atoms with Gasteiger partial charge in [-0.05, 0) is 93.3 Å². The second-order valence-electron chi connectivity index (χ2n) is 19.4. The highest BCUT2D eigenvalue weighted by Crippen LogP contribution is 2.61. The maximum Gasteiger partial charge on any atom is 0.251 e. The number of ether oxygens (including phenoxy) is 1. The molecule has 64 heavy (non-hydrogen) atoms. The lowest BCUT2D eigenvalue weighted by Crippen LogP contribution is -2.62. The third-order valence-corrected chi connectivity index (χ3v) is 15.2. The van der Waals surface area contributed by atoms with Crippen LogP contribution in [0.2, 0.25) is 0 Å². The zero-order chi connectivity index (χ0) is 46.9. The van der Waals surface area contributed by atoms with Gasteiger partial charge in [-0.15, -0.1) is 0 Å². The predicted molar refractivity (Wildman–Crippen MR) is 248 cm³/mol. The van der Waals surface area contributed by atoms with E-state index in [0.29, 0.717) is 45.5 Å². The van der Waals surface area contributed by atoms with Crippen molar-refractivity contribution in [2.24, 2.45) is 29.1 Å². The van der Waals surface area contributed by atoms with Gasteiger partial charge in [-0.1, -0.05) is 69.3 Å². The van der Waals surface area contributed by atoms with E-state index in [0.717, 1.165) is 12.7 Å². The molecule has 3 saturated carbocycles. The summed E-state index contributed by atoms with van der Waals surface area (Å²) in [5.74, 6) is 0.359. The first-order valence-electron chi connectivity index (χ1n) is 22.3. The number of benzene rings is 3. The molecule has 4 aliphatic rings. The second kappa shape index (κ2) is 19.8. The van der Waals surface area contributed by atoms with Crippen LogP contribution in [0.1, 0.15) is 68.9 Å². The summed E-state index contributed by atoms with van der Waals surface area (Å²) in [6.45, 7) is 10.3. The normalized spacial score (nSPS) is 26.1. The minimum Gasteiger partial charge on any atom is -0.496 e. The van der Waals surface area contributed by atoms with E-state index >= 15 is 0 Å². The van der Waals surface area contributed by atoms with Crippen LogP contribution in [-0.4, -0.2) is 137 Å². The summed E-state index contributed by atoms with van der Waals surface area (Å²) in [6, 6.07) is 18.4. The topological polar surface area (TPSA) is 193 Å². The molecule has 3 aromatic carbocycles. The molecule has 2 amide bonds. The smallest absolute Gasteiger partial charge is 0.251 e. The highest BCUT2D eigenvalue weighted by atomic mass is 32.2. The van der Waals surface area contributed by atoms with Gasteiger partial charge in [0.05, 0.1) is 50.8 Å². The molecule has 3 aromatic rings. The van der Waals surface area contributed by atoms with Gasteiger partial charge in [-0.2, -0.15) is 5.06 Å². The molecule has 4 fully saturated rings. The number of carbonyl (C=O) groups excluding carboxylic acids is 2. The molecule has 0 aromatic heterocycles. The molecule has 6 N–H and O–H groups in total. The van der Waals surface area contributed by atoms with E-state index in [4.69, 9.17) is 9.57 Å². The summed E-state index contributed by atoms with van der Waals surface area (Å²) in [5.41, 5.74) is 2.49. The summed E-state index contributed by atoms with van der Waals surface area (Å²) in [4.78, 5) is 39.0. The van der Waals surface area contributed by atoms with Crippen LogP contribution in [0.5, 0.6) is 5.75 Å². The second-order valence-corrected chi connectivity index (χ2v) is 21.1. The zero-order valence-corrected chi connectivity index (χ0v) is 39.9. The van der Waals surface area contributed by atoms with E-state index in [1.807, 2.05) is 85.5 Å². The highest BCUT2D eigenvalue weighted by molar-refractivity contribution is 7.88. The van der Waals surface area contributed by atoms with Gasteiger partial charge < -0.3 is 40.5 Å². The van der Waals surface area contributed by atoms with Gasteiger partial charge in [0.2, 0.25) is 15.9 Å². The maximum atomic E-state index is 14.6. The third-order valence-electron chi connectivity index (χ3n) is 14.4. The number of anilines is 1. The standard InChI is InChI=1S/C48H70N6O9S/c1-29-38-24-35(47(38,3)4)25-39(29)49-46(59)43-42(30(2)57)40(28-56)63-54(43)26-31-15-14-18-37(44(31)62-9)32-21-33(23-36(22-32)53(8)19-20-55)45(58)50-41(27-52(6)7)48(5,51-64(10,60)61)34-16-12-11-13-17-34/h11-18,21-23,29-30,35,38-43,51,55-57H,19-20,24-28H2,1-10H3,(H,49,59)(H,50,58)/t29-,30-,35+,38-,39-,40-,41+,42+,43-,48+/m0/s1. The number of sulfonamides is 1. The first kappa shape index (κ1) is 49.3. The fraction of sp³-hybridized carbons (Fsp3) is 0.583. The predicted octanol–water partition coefficient (Wildman–Crippen LogP) is 3.58. The Labute approximate surface area is 379 Å². The third kappa shape index (κ3) is 10.3. The van der Waals surface area contributed by atoms with Crippen molar-refractivity contribution in [3.8, 4) is 16.9 Å². The van der Waals surface area contributed by atoms with E-state index in [1.54, 1.807) is 38.2 Å². The van der Waals surface area contributed by atoms with Crippen molar-refractivity contribution >= 4 is 27.5 Å². The van der Waals surface area contributed by atoms with E-state index in [9.17, 15) is 33.3 Å². The van der Waals surface area contributed by atoms with Crippen LogP contribution >= 0.6 is 0 Å². The number of fused-ring (bicyclic) bond motifs is 2. The molecule has 16 heteroatoms. The number of carbonyl (C=O) groups is 2.